The molecule has 22 heavy (non-hydrogen) atoms. The predicted molar refractivity (Wildman–Crippen MR) is 88.6 cm³/mol. The van der Waals surface area contributed by atoms with Gasteiger partial charge in [-0.15, -0.1) is 0 Å². The van der Waals surface area contributed by atoms with E-state index in [1.54, 1.807) is 24.3 Å². The number of sulfonamides is 1. The summed E-state index contributed by atoms with van der Waals surface area (Å²) >= 11 is 0. The van der Waals surface area contributed by atoms with E-state index in [9.17, 15) is 13.2 Å². The summed E-state index contributed by atoms with van der Waals surface area (Å²) in [4.78, 5) is 12.1. The van der Waals surface area contributed by atoms with Crippen LogP contribution in [0.1, 0.15) is 49.9 Å². The van der Waals surface area contributed by atoms with E-state index in [2.05, 4.69) is 5.32 Å². The van der Waals surface area contributed by atoms with Gasteiger partial charge in [-0.2, -0.15) is 0 Å². The minimum absolute atomic E-state index is 0.109. The number of hydrogen-bond acceptors (Lipinski definition) is 3. The van der Waals surface area contributed by atoms with Crippen molar-refractivity contribution in [2.24, 2.45) is 0 Å². The minimum Gasteiger partial charge on any atom is -0.349 e. The zero-order valence-electron chi connectivity index (χ0n) is 13.2. The van der Waals surface area contributed by atoms with Gasteiger partial charge in [0.2, 0.25) is 10.0 Å². The van der Waals surface area contributed by atoms with Gasteiger partial charge in [0.25, 0.3) is 5.91 Å². The summed E-state index contributed by atoms with van der Waals surface area (Å²) in [5.74, 6) is 0.0888. The Kier molecular flexibility index (Phi) is 5.45. The molecule has 5 nitrogen and oxygen atoms in total. The molecule has 0 aromatic heterocycles. The average molecular weight is 324 g/mol. The Morgan fingerprint density at radius 2 is 1.82 bits per heavy atom. The number of carbonyl (C=O) groups excluding carboxylic acids is 1. The van der Waals surface area contributed by atoms with Crippen molar-refractivity contribution in [3.63, 3.8) is 0 Å². The highest BCUT2D eigenvalue weighted by atomic mass is 32.2. The number of carbonyl (C=O) groups is 1. The Morgan fingerprint density at radius 3 is 2.36 bits per heavy atom. The fourth-order valence-electron chi connectivity index (χ4n) is 2.62. The van der Waals surface area contributed by atoms with Crippen molar-refractivity contribution >= 4 is 21.6 Å². The van der Waals surface area contributed by atoms with Crippen molar-refractivity contribution < 1.29 is 13.2 Å². The van der Waals surface area contributed by atoms with Crippen molar-refractivity contribution in [2.75, 3.05) is 16.6 Å². The molecule has 0 unspecified atom stereocenters. The van der Waals surface area contributed by atoms with Gasteiger partial charge in [-0.25, -0.2) is 8.42 Å². The molecular formula is C16H24N2O3S. The summed E-state index contributed by atoms with van der Waals surface area (Å²) in [6.45, 7) is 4.60. The predicted octanol–water partition coefficient (Wildman–Crippen LogP) is 2.54. The van der Waals surface area contributed by atoms with E-state index in [0.717, 1.165) is 25.7 Å². The summed E-state index contributed by atoms with van der Waals surface area (Å²) < 4.78 is 25.6. The lowest BCUT2D eigenvalue weighted by Crippen LogP contribution is -2.38. The molecule has 0 aliphatic carbocycles. The Morgan fingerprint density at radius 1 is 1.18 bits per heavy atom. The SMILES string of the molecule is CCC(CC)NC(=O)c1ccc(N2CCCCS2(=O)=O)cc1. The van der Waals surface area contributed by atoms with Crippen molar-refractivity contribution in [1.82, 2.24) is 5.32 Å². The third kappa shape index (κ3) is 3.80. The number of hydrogen-bond donors (Lipinski definition) is 1. The van der Waals surface area contributed by atoms with Gasteiger partial charge in [-0.05, 0) is 49.9 Å². The van der Waals surface area contributed by atoms with Crippen LogP contribution in [0.4, 0.5) is 5.69 Å². The number of amides is 1. The second-order valence-electron chi connectivity index (χ2n) is 5.63. The zero-order chi connectivity index (χ0) is 16.2. The highest BCUT2D eigenvalue weighted by Crippen LogP contribution is 2.23. The number of anilines is 1. The lowest BCUT2D eigenvalue weighted by Gasteiger charge is -2.28. The van der Waals surface area contributed by atoms with E-state index in [0.29, 0.717) is 17.8 Å². The molecule has 0 atom stereocenters. The average Bonchev–Trinajstić information content (AvgIpc) is 2.52. The van der Waals surface area contributed by atoms with Gasteiger partial charge in [0.1, 0.15) is 0 Å². The molecule has 1 heterocycles. The number of rotatable bonds is 5. The highest BCUT2D eigenvalue weighted by molar-refractivity contribution is 7.92. The summed E-state index contributed by atoms with van der Waals surface area (Å²) in [5, 5.41) is 2.98. The van der Waals surface area contributed by atoms with Gasteiger partial charge in [0.05, 0.1) is 11.4 Å². The Hall–Kier alpha value is -1.56. The van der Waals surface area contributed by atoms with Crippen LogP contribution >= 0.6 is 0 Å². The van der Waals surface area contributed by atoms with Gasteiger partial charge in [0, 0.05) is 18.2 Å². The van der Waals surface area contributed by atoms with E-state index in [1.807, 2.05) is 13.8 Å². The lowest BCUT2D eigenvalue weighted by atomic mass is 10.1. The first kappa shape index (κ1) is 16.8. The van der Waals surface area contributed by atoms with Gasteiger partial charge in [-0.3, -0.25) is 9.10 Å². The van der Waals surface area contributed by atoms with Crippen LogP contribution in [-0.2, 0) is 10.0 Å². The molecule has 1 saturated heterocycles. The Bertz CT molecular complexity index is 607. The minimum atomic E-state index is -3.20. The Labute approximate surface area is 132 Å². The molecule has 122 valence electrons. The standard InChI is InChI=1S/C16H24N2O3S/c1-3-14(4-2)17-16(19)13-7-9-15(10-8-13)18-11-5-6-12-22(18,20)21/h7-10,14H,3-6,11-12H2,1-2H3,(H,17,19). The highest BCUT2D eigenvalue weighted by Gasteiger charge is 2.26. The number of nitrogens with zero attached hydrogens (tertiary/aromatic N) is 1. The van der Waals surface area contributed by atoms with Gasteiger partial charge in [-0.1, -0.05) is 13.8 Å². The van der Waals surface area contributed by atoms with Crippen LogP contribution in [0.2, 0.25) is 0 Å². The van der Waals surface area contributed by atoms with E-state index < -0.39 is 10.0 Å². The van der Waals surface area contributed by atoms with Crippen molar-refractivity contribution in [3.8, 4) is 0 Å². The van der Waals surface area contributed by atoms with Crippen LogP contribution in [0.15, 0.2) is 24.3 Å². The molecule has 1 aliphatic heterocycles. The smallest absolute Gasteiger partial charge is 0.251 e. The van der Waals surface area contributed by atoms with E-state index in [-0.39, 0.29) is 17.7 Å². The first-order chi connectivity index (χ1) is 10.5. The van der Waals surface area contributed by atoms with E-state index in [1.165, 1.54) is 4.31 Å². The third-order valence-electron chi connectivity index (χ3n) is 4.09. The molecular weight excluding hydrogens is 300 g/mol. The third-order valence-corrected chi connectivity index (χ3v) is 5.96. The van der Waals surface area contributed by atoms with Crippen LogP contribution in [0, 0.1) is 0 Å². The maximum Gasteiger partial charge on any atom is 0.251 e. The molecule has 0 saturated carbocycles. The molecule has 2 rings (SSSR count). The quantitative estimate of drug-likeness (QED) is 0.905. The lowest BCUT2D eigenvalue weighted by molar-refractivity contribution is 0.0935. The number of nitrogens with one attached hydrogen (secondary N) is 1. The Balaban J connectivity index is 2.11. The second kappa shape index (κ2) is 7.13. The van der Waals surface area contributed by atoms with Gasteiger partial charge >= 0.3 is 0 Å². The van der Waals surface area contributed by atoms with Crippen LogP contribution in [0.5, 0.6) is 0 Å². The van der Waals surface area contributed by atoms with Crippen molar-refractivity contribution in [2.45, 2.75) is 45.6 Å². The van der Waals surface area contributed by atoms with Crippen LogP contribution in [-0.4, -0.2) is 32.7 Å². The zero-order valence-corrected chi connectivity index (χ0v) is 14.0. The molecule has 0 radical (unpaired) electrons. The second-order valence-corrected chi connectivity index (χ2v) is 7.64. The number of benzene rings is 1. The summed E-state index contributed by atoms with van der Waals surface area (Å²) in [6, 6.07) is 6.98. The molecule has 0 spiro atoms. The molecule has 1 N–H and O–H groups in total. The summed E-state index contributed by atoms with van der Waals surface area (Å²) in [6.07, 6.45) is 3.38. The van der Waals surface area contributed by atoms with Crippen molar-refractivity contribution in [1.29, 1.82) is 0 Å². The van der Waals surface area contributed by atoms with Gasteiger partial charge < -0.3 is 5.32 Å². The molecule has 1 amide bonds. The molecule has 6 heteroatoms. The van der Waals surface area contributed by atoms with Crippen LogP contribution in [0.3, 0.4) is 0 Å². The summed E-state index contributed by atoms with van der Waals surface area (Å²) in [7, 11) is -3.20. The fourth-order valence-corrected chi connectivity index (χ4v) is 4.26. The van der Waals surface area contributed by atoms with Crippen LogP contribution in [0.25, 0.3) is 0 Å². The van der Waals surface area contributed by atoms with E-state index >= 15 is 0 Å². The first-order valence-corrected chi connectivity index (χ1v) is 9.50. The molecule has 1 aromatic carbocycles. The van der Waals surface area contributed by atoms with E-state index in [4.69, 9.17) is 0 Å². The maximum absolute atomic E-state index is 12.1. The molecule has 0 bridgehead atoms. The normalized spacial score (nSPS) is 17.5. The van der Waals surface area contributed by atoms with Crippen LogP contribution < -0.4 is 9.62 Å². The largest absolute Gasteiger partial charge is 0.349 e. The van der Waals surface area contributed by atoms with Gasteiger partial charge in [0.15, 0.2) is 0 Å². The first-order valence-electron chi connectivity index (χ1n) is 7.89. The monoisotopic (exact) mass is 324 g/mol. The molecule has 1 fully saturated rings. The summed E-state index contributed by atoms with van der Waals surface area (Å²) in [5.41, 5.74) is 1.20. The molecule has 1 aromatic rings. The molecule has 1 aliphatic rings. The fraction of sp³-hybridized carbons (Fsp3) is 0.562. The maximum atomic E-state index is 12.1. The topological polar surface area (TPSA) is 66.5 Å². The van der Waals surface area contributed by atoms with Crippen molar-refractivity contribution in [3.05, 3.63) is 29.8 Å².